The van der Waals surface area contributed by atoms with Gasteiger partial charge < -0.3 is 9.47 Å². The maximum Gasteiger partial charge on any atom is 0.271 e. The number of rotatable bonds is 5. The fraction of sp³-hybridized carbons (Fsp3) is 0.100. The van der Waals surface area contributed by atoms with Crippen LogP contribution in [0.25, 0.3) is 10.8 Å². The van der Waals surface area contributed by atoms with E-state index < -0.39 is 0 Å². The zero-order valence-corrected chi connectivity index (χ0v) is 16.5. The highest BCUT2D eigenvalue weighted by molar-refractivity contribution is 14.1. The van der Waals surface area contributed by atoms with Crippen molar-refractivity contribution < 1.29 is 14.3 Å². The van der Waals surface area contributed by atoms with Gasteiger partial charge in [0.25, 0.3) is 5.91 Å². The van der Waals surface area contributed by atoms with Crippen molar-refractivity contribution in [2.75, 3.05) is 14.2 Å². The normalized spacial score (nSPS) is 10.9. The van der Waals surface area contributed by atoms with Gasteiger partial charge in [-0.1, -0.05) is 24.3 Å². The van der Waals surface area contributed by atoms with Crippen LogP contribution in [0.4, 0.5) is 0 Å². The lowest BCUT2D eigenvalue weighted by Gasteiger charge is -2.08. The number of ether oxygens (including phenoxy) is 2. The molecule has 6 heteroatoms. The highest BCUT2D eigenvalue weighted by Gasteiger charge is 2.08. The zero-order valence-electron chi connectivity index (χ0n) is 14.3. The average molecular weight is 460 g/mol. The molecular formula is C20H17IN2O3. The number of carbonyl (C=O) groups is 1. The Kier molecular flexibility index (Phi) is 5.72. The number of amides is 1. The van der Waals surface area contributed by atoms with Crippen LogP contribution in [0.15, 0.2) is 59.7 Å². The van der Waals surface area contributed by atoms with Crippen LogP contribution in [-0.2, 0) is 0 Å². The van der Waals surface area contributed by atoms with Crippen LogP contribution in [0.3, 0.4) is 0 Å². The fourth-order valence-electron chi connectivity index (χ4n) is 2.62. The number of benzene rings is 3. The number of hydrogen-bond donors (Lipinski definition) is 1. The van der Waals surface area contributed by atoms with Crippen molar-refractivity contribution in [1.29, 1.82) is 0 Å². The van der Waals surface area contributed by atoms with Gasteiger partial charge in [-0.25, -0.2) is 5.43 Å². The van der Waals surface area contributed by atoms with Crippen LogP contribution < -0.4 is 14.9 Å². The minimum atomic E-state index is -0.278. The van der Waals surface area contributed by atoms with Gasteiger partial charge in [-0.3, -0.25) is 4.79 Å². The molecule has 0 atom stereocenters. The summed E-state index contributed by atoms with van der Waals surface area (Å²) in [5.74, 6) is 1.25. The Labute approximate surface area is 165 Å². The number of methoxy groups -OCH3 is 2. The molecular weight excluding hydrogens is 443 g/mol. The number of carbonyl (C=O) groups excluding carboxylic acids is 1. The van der Waals surface area contributed by atoms with E-state index in [1.54, 1.807) is 38.6 Å². The van der Waals surface area contributed by atoms with Crippen LogP contribution in [0.2, 0.25) is 0 Å². The lowest BCUT2D eigenvalue weighted by atomic mass is 10.0. The molecule has 1 amide bonds. The molecule has 26 heavy (non-hydrogen) atoms. The average Bonchev–Trinajstić information content (AvgIpc) is 2.67. The molecule has 0 aromatic heterocycles. The van der Waals surface area contributed by atoms with E-state index in [-0.39, 0.29) is 5.91 Å². The quantitative estimate of drug-likeness (QED) is 0.353. The third-order valence-electron chi connectivity index (χ3n) is 3.92. The van der Waals surface area contributed by atoms with Gasteiger partial charge in [0.05, 0.1) is 24.0 Å². The van der Waals surface area contributed by atoms with Gasteiger partial charge >= 0.3 is 0 Å². The third kappa shape index (κ3) is 3.80. The SMILES string of the molecule is COc1ccc(C(=O)NN=Cc2ccc(OC)c3ccccc23)cc1I. The van der Waals surface area contributed by atoms with Crippen molar-refractivity contribution in [2.24, 2.45) is 5.10 Å². The predicted molar refractivity (Wildman–Crippen MR) is 111 cm³/mol. The highest BCUT2D eigenvalue weighted by Crippen LogP contribution is 2.27. The molecule has 0 bridgehead atoms. The smallest absolute Gasteiger partial charge is 0.271 e. The van der Waals surface area contributed by atoms with Gasteiger partial charge in [-0.15, -0.1) is 0 Å². The van der Waals surface area contributed by atoms with Gasteiger partial charge in [0, 0.05) is 16.5 Å². The summed E-state index contributed by atoms with van der Waals surface area (Å²) < 4.78 is 11.5. The number of halogens is 1. The van der Waals surface area contributed by atoms with Gasteiger partial charge in [-0.05, 0) is 58.3 Å². The van der Waals surface area contributed by atoms with Gasteiger partial charge in [0.1, 0.15) is 11.5 Å². The molecule has 0 fully saturated rings. The van der Waals surface area contributed by atoms with Crippen LogP contribution >= 0.6 is 22.6 Å². The molecule has 0 aliphatic carbocycles. The molecule has 0 heterocycles. The second-order valence-corrected chi connectivity index (χ2v) is 6.61. The molecule has 0 unspecified atom stereocenters. The molecule has 0 saturated carbocycles. The summed E-state index contributed by atoms with van der Waals surface area (Å²) in [7, 11) is 3.24. The summed E-state index contributed by atoms with van der Waals surface area (Å²) in [6, 6.07) is 16.9. The molecule has 132 valence electrons. The standard InChI is InChI=1S/C20H17IN2O3/c1-25-18-9-8-14(15-5-3-4-6-16(15)18)12-22-23-20(24)13-7-10-19(26-2)17(21)11-13/h3-12H,1-2H3,(H,23,24). The lowest BCUT2D eigenvalue weighted by molar-refractivity contribution is 0.0955. The Morgan fingerprint density at radius 2 is 1.69 bits per heavy atom. The van der Waals surface area contributed by atoms with Gasteiger partial charge in [0.15, 0.2) is 0 Å². The summed E-state index contributed by atoms with van der Waals surface area (Å²) in [6.45, 7) is 0. The number of hydrogen-bond acceptors (Lipinski definition) is 4. The molecule has 0 spiro atoms. The number of fused-ring (bicyclic) bond motifs is 1. The van der Waals surface area contributed by atoms with Crippen LogP contribution in [-0.4, -0.2) is 26.3 Å². The van der Waals surface area contributed by atoms with E-state index in [9.17, 15) is 4.79 Å². The molecule has 1 N–H and O–H groups in total. The second kappa shape index (κ2) is 8.18. The number of nitrogens with zero attached hydrogens (tertiary/aromatic N) is 1. The van der Waals surface area contributed by atoms with E-state index in [0.29, 0.717) is 5.56 Å². The first kappa shape index (κ1) is 18.2. The predicted octanol–water partition coefficient (Wildman–Crippen LogP) is 4.23. The van der Waals surface area contributed by atoms with Crippen molar-refractivity contribution in [2.45, 2.75) is 0 Å². The lowest BCUT2D eigenvalue weighted by Crippen LogP contribution is -2.17. The van der Waals surface area contributed by atoms with Gasteiger partial charge in [-0.2, -0.15) is 5.10 Å². The van der Waals surface area contributed by atoms with Crippen molar-refractivity contribution in [3.63, 3.8) is 0 Å². The van der Waals surface area contributed by atoms with Crippen LogP contribution in [0.5, 0.6) is 11.5 Å². The third-order valence-corrected chi connectivity index (χ3v) is 4.76. The minimum Gasteiger partial charge on any atom is -0.496 e. The van der Waals surface area contributed by atoms with E-state index in [1.165, 1.54) is 0 Å². The first-order valence-electron chi connectivity index (χ1n) is 7.86. The molecule has 3 aromatic rings. The number of hydrazone groups is 1. The topological polar surface area (TPSA) is 59.9 Å². The summed E-state index contributed by atoms with van der Waals surface area (Å²) in [5, 5.41) is 6.10. The van der Waals surface area contributed by atoms with E-state index in [4.69, 9.17) is 9.47 Å². The fourth-order valence-corrected chi connectivity index (χ4v) is 3.35. The molecule has 0 radical (unpaired) electrons. The maximum absolute atomic E-state index is 12.3. The van der Waals surface area contributed by atoms with E-state index in [2.05, 4.69) is 33.1 Å². The van der Waals surface area contributed by atoms with E-state index >= 15 is 0 Å². The maximum atomic E-state index is 12.3. The molecule has 3 rings (SSSR count). The Bertz CT molecular complexity index is 986. The van der Waals surface area contributed by atoms with E-state index in [1.807, 2.05) is 36.4 Å². The van der Waals surface area contributed by atoms with E-state index in [0.717, 1.165) is 31.4 Å². The molecule has 0 saturated heterocycles. The highest BCUT2D eigenvalue weighted by atomic mass is 127. The Balaban J connectivity index is 1.80. The van der Waals surface area contributed by atoms with Crippen molar-refractivity contribution in [3.8, 4) is 11.5 Å². The number of nitrogens with one attached hydrogen (secondary N) is 1. The second-order valence-electron chi connectivity index (χ2n) is 5.45. The first-order chi connectivity index (χ1) is 12.6. The first-order valence-corrected chi connectivity index (χ1v) is 8.94. The Morgan fingerprint density at radius 1 is 1.00 bits per heavy atom. The van der Waals surface area contributed by atoms with Crippen molar-refractivity contribution >= 4 is 45.5 Å². The monoisotopic (exact) mass is 460 g/mol. The zero-order chi connectivity index (χ0) is 18.5. The van der Waals surface area contributed by atoms with Gasteiger partial charge in [0.2, 0.25) is 0 Å². The summed E-state index contributed by atoms with van der Waals surface area (Å²) >= 11 is 2.13. The molecule has 0 aliphatic heterocycles. The largest absolute Gasteiger partial charge is 0.496 e. The molecule has 3 aromatic carbocycles. The minimum absolute atomic E-state index is 0.278. The van der Waals surface area contributed by atoms with Crippen LogP contribution in [0, 0.1) is 3.57 Å². The van der Waals surface area contributed by atoms with Crippen molar-refractivity contribution in [1.82, 2.24) is 5.43 Å². The summed E-state index contributed by atoms with van der Waals surface area (Å²) in [5.41, 5.74) is 3.98. The summed E-state index contributed by atoms with van der Waals surface area (Å²) in [4.78, 5) is 12.3. The Morgan fingerprint density at radius 3 is 2.38 bits per heavy atom. The Hall–Kier alpha value is -2.61. The molecule has 5 nitrogen and oxygen atoms in total. The molecule has 0 aliphatic rings. The van der Waals surface area contributed by atoms with Crippen molar-refractivity contribution in [3.05, 3.63) is 69.3 Å². The van der Waals surface area contributed by atoms with Crippen LogP contribution in [0.1, 0.15) is 15.9 Å². The summed E-state index contributed by atoms with van der Waals surface area (Å²) in [6.07, 6.45) is 1.63.